The Morgan fingerprint density at radius 2 is 1.79 bits per heavy atom. The standard InChI is InChI=1S/C24H27ClN4O4/c1-16(2)12-13-28(20(30)15-33-19-10-8-18(25)9-11-19)21-22(26)29(24(32)27-23(21)31)14-17-6-4-3-5-7-17/h3-11,16H,12-15,26H2,1-2H3,(H,27,31,32). The minimum Gasteiger partial charge on any atom is -0.484 e. The van der Waals surface area contributed by atoms with E-state index in [1.165, 1.54) is 9.47 Å². The Kier molecular flexibility index (Phi) is 7.95. The van der Waals surface area contributed by atoms with Gasteiger partial charge in [0.2, 0.25) is 0 Å². The molecule has 3 rings (SSSR count). The summed E-state index contributed by atoms with van der Waals surface area (Å²) in [6.07, 6.45) is 0.628. The molecule has 3 N–H and O–H groups in total. The van der Waals surface area contributed by atoms with Gasteiger partial charge in [-0.05, 0) is 42.2 Å². The zero-order chi connectivity index (χ0) is 24.0. The monoisotopic (exact) mass is 470 g/mol. The molecule has 0 aliphatic carbocycles. The normalized spacial score (nSPS) is 10.9. The maximum Gasteiger partial charge on any atom is 0.330 e. The molecule has 0 saturated heterocycles. The van der Waals surface area contributed by atoms with Gasteiger partial charge in [0.25, 0.3) is 11.5 Å². The Morgan fingerprint density at radius 1 is 1.12 bits per heavy atom. The van der Waals surface area contributed by atoms with Crippen molar-refractivity contribution in [1.82, 2.24) is 9.55 Å². The van der Waals surface area contributed by atoms with E-state index in [1.807, 2.05) is 44.2 Å². The van der Waals surface area contributed by atoms with Crippen LogP contribution in [0.3, 0.4) is 0 Å². The number of nitrogens with one attached hydrogen (secondary N) is 1. The summed E-state index contributed by atoms with van der Waals surface area (Å²) in [5.74, 6) is 0.212. The molecule has 0 radical (unpaired) electrons. The van der Waals surface area contributed by atoms with E-state index in [9.17, 15) is 14.4 Å². The van der Waals surface area contributed by atoms with Crippen molar-refractivity contribution in [2.24, 2.45) is 5.92 Å². The van der Waals surface area contributed by atoms with Crippen LogP contribution in [0.15, 0.2) is 64.2 Å². The molecule has 0 atom stereocenters. The molecule has 0 bridgehead atoms. The van der Waals surface area contributed by atoms with Crippen molar-refractivity contribution in [1.29, 1.82) is 0 Å². The molecule has 0 spiro atoms. The van der Waals surface area contributed by atoms with E-state index in [0.717, 1.165) is 5.56 Å². The summed E-state index contributed by atoms with van der Waals surface area (Å²) in [5, 5.41) is 0.548. The van der Waals surface area contributed by atoms with Gasteiger partial charge in [-0.1, -0.05) is 55.8 Å². The van der Waals surface area contributed by atoms with Crippen LogP contribution in [-0.2, 0) is 11.3 Å². The number of carbonyl (C=O) groups is 1. The Bertz CT molecular complexity index is 1200. The van der Waals surface area contributed by atoms with Crippen LogP contribution in [0.25, 0.3) is 0 Å². The van der Waals surface area contributed by atoms with E-state index in [0.29, 0.717) is 17.2 Å². The number of nitrogen functional groups attached to an aromatic ring is 1. The minimum atomic E-state index is -0.717. The highest BCUT2D eigenvalue weighted by molar-refractivity contribution is 6.30. The molecule has 0 unspecified atom stereocenters. The van der Waals surface area contributed by atoms with Crippen LogP contribution >= 0.6 is 11.6 Å². The third-order valence-corrected chi connectivity index (χ3v) is 5.33. The first kappa shape index (κ1) is 24.1. The third-order valence-electron chi connectivity index (χ3n) is 5.07. The highest BCUT2D eigenvalue weighted by Crippen LogP contribution is 2.20. The molecule has 0 fully saturated rings. The highest BCUT2D eigenvalue weighted by Gasteiger charge is 2.25. The van der Waals surface area contributed by atoms with E-state index in [-0.39, 0.29) is 37.1 Å². The topological polar surface area (TPSA) is 110 Å². The number of ether oxygens (including phenoxy) is 1. The van der Waals surface area contributed by atoms with E-state index in [1.54, 1.807) is 24.3 Å². The van der Waals surface area contributed by atoms with E-state index < -0.39 is 17.2 Å². The maximum absolute atomic E-state index is 13.1. The Labute approximate surface area is 196 Å². The van der Waals surface area contributed by atoms with Crippen LogP contribution in [0.2, 0.25) is 5.02 Å². The van der Waals surface area contributed by atoms with Crippen LogP contribution in [-0.4, -0.2) is 28.6 Å². The lowest BCUT2D eigenvalue weighted by molar-refractivity contribution is -0.120. The zero-order valence-electron chi connectivity index (χ0n) is 18.6. The molecule has 1 amide bonds. The smallest absolute Gasteiger partial charge is 0.330 e. The fourth-order valence-corrected chi connectivity index (χ4v) is 3.39. The quantitative estimate of drug-likeness (QED) is 0.498. The van der Waals surface area contributed by atoms with Gasteiger partial charge in [0.05, 0.1) is 6.54 Å². The number of aromatic amines is 1. The SMILES string of the molecule is CC(C)CCN(C(=O)COc1ccc(Cl)cc1)c1c(N)n(Cc2ccccc2)c(=O)[nH]c1=O. The number of nitrogens with zero attached hydrogens (tertiary/aromatic N) is 2. The summed E-state index contributed by atoms with van der Waals surface area (Å²) in [7, 11) is 0. The summed E-state index contributed by atoms with van der Waals surface area (Å²) in [6, 6.07) is 15.8. The lowest BCUT2D eigenvalue weighted by atomic mass is 10.1. The predicted octanol–water partition coefficient (Wildman–Crippen LogP) is 3.28. The molecule has 8 nitrogen and oxygen atoms in total. The zero-order valence-corrected chi connectivity index (χ0v) is 19.3. The van der Waals surface area contributed by atoms with Crippen LogP contribution < -0.4 is 26.6 Å². The second-order valence-corrected chi connectivity index (χ2v) is 8.47. The van der Waals surface area contributed by atoms with Gasteiger partial charge >= 0.3 is 5.69 Å². The number of hydrogen-bond donors (Lipinski definition) is 2. The van der Waals surface area contributed by atoms with Gasteiger partial charge in [0, 0.05) is 11.6 Å². The maximum atomic E-state index is 13.1. The number of H-pyrrole nitrogens is 1. The number of aromatic nitrogens is 2. The van der Waals surface area contributed by atoms with Gasteiger partial charge in [0.15, 0.2) is 12.3 Å². The molecular weight excluding hydrogens is 444 g/mol. The van der Waals surface area contributed by atoms with E-state index in [4.69, 9.17) is 22.1 Å². The second kappa shape index (κ2) is 10.9. The number of benzene rings is 2. The van der Waals surface area contributed by atoms with Gasteiger partial charge in [0.1, 0.15) is 11.6 Å². The summed E-state index contributed by atoms with van der Waals surface area (Å²) in [5.41, 5.74) is 5.71. The largest absolute Gasteiger partial charge is 0.484 e. The van der Waals surface area contributed by atoms with E-state index in [2.05, 4.69) is 4.98 Å². The van der Waals surface area contributed by atoms with Crippen molar-refractivity contribution in [2.75, 3.05) is 23.8 Å². The lowest BCUT2D eigenvalue weighted by Gasteiger charge is -2.25. The second-order valence-electron chi connectivity index (χ2n) is 8.04. The van der Waals surface area contributed by atoms with Gasteiger partial charge in [-0.15, -0.1) is 0 Å². The Hall–Kier alpha value is -3.52. The molecule has 174 valence electrons. The number of anilines is 2. The first-order chi connectivity index (χ1) is 15.8. The van der Waals surface area contributed by atoms with Crippen molar-refractivity contribution in [2.45, 2.75) is 26.8 Å². The van der Waals surface area contributed by atoms with Crippen molar-refractivity contribution in [3.8, 4) is 5.75 Å². The molecule has 0 aliphatic rings. The highest BCUT2D eigenvalue weighted by atomic mass is 35.5. The molecule has 2 aromatic carbocycles. The van der Waals surface area contributed by atoms with Crippen molar-refractivity contribution < 1.29 is 9.53 Å². The van der Waals surface area contributed by atoms with Gasteiger partial charge in [-0.25, -0.2) is 4.79 Å². The summed E-state index contributed by atoms with van der Waals surface area (Å²) in [6.45, 7) is 4.12. The van der Waals surface area contributed by atoms with Gasteiger partial charge in [-0.2, -0.15) is 0 Å². The molecule has 1 aromatic heterocycles. The Morgan fingerprint density at radius 3 is 2.42 bits per heavy atom. The first-order valence-electron chi connectivity index (χ1n) is 10.6. The summed E-state index contributed by atoms with van der Waals surface area (Å²) < 4.78 is 6.84. The van der Waals surface area contributed by atoms with Gasteiger partial charge < -0.3 is 15.4 Å². The average molecular weight is 471 g/mol. The molecule has 1 heterocycles. The lowest BCUT2D eigenvalue weighted by Crippen LogP contribution is -2.43. The average Bonchev–Trinajstić information content (AvgIpc) is 2.78. The van der Waals surface area contributed by atoms with Gasteiger partial charge in [-0.3, -0.25) is 19.1 Å². The summed E-state index contributed by atoms with van der Waals surface area (Å²) in [4.78, 5) is 42.0. The fraction of sp³-hybridized carbons (Fsp3) is 0.292. The number of rotatable bonds is 9. The van der Waals surface area contributed by atoms with Crippen LogP contribution in [0.1, 0.15) is 25.8 Å². The first-order valence-corrected chi connectivity index (χ1v) is 11.0. The number of hydrogen-bond acceptors (Lipinski definition) is 5. The molecule has 0 aliphatic heterocycles. The Balaban J connectivity index is 1.94. The van der Waals surface area contributed by atoms with Crippen molar-refractivity contribution in [3.05, 3.63) is 86.0 Å². The van der Waals surface area contributed by atoms with Crippen LogP contribution in [0, 0.1) is 5.92 Å². The minimum absolute atomic E-state index is 0.0594. The predicted molar refractivity (Wildman–Crippen MR) is 130 cm³/mol. The molecule has 9 heteroatoms. The fourth-order valence-electron chi connectivity index (χ4n) is 3.26. The number of amides is 1. The molecular formula is C24H27ClN4O4. The van der Waals surface area contributed by atoms with Crippen LogP contribution in [0.5, 0.6) is 5.75 Å². The van der Waals surface area contributed by atoms with E-state index >= 15 is 0 Å². The van der Waals surface area contributed by atoms with Crippen molar-refractivity contribution >= 4 is 29.0 Å². The number of carbonyl (C=O) groups excluding carboxylic acids is 1. The molecule has 0 saturated carbocycles. The number of nitrogens with two attached hydrogens (primary N) is 1. The third kappa shape index (κ3) is 6.26. The van der Waals surface area contributed by atoms with Crippen LogP contribution in [0.4, 0.5) is 11.5 Å². The summed E-state index contributed by atoms with van der Waals surface area (Å²) >= 11 is 5.89. The molecule has 3 aromatic rings. The molecule has 33 heavy (non-hydrogen) atoms. The number of halogens is 1. The van der Waals surface area contributed by atoms with Crippen molar-refractivity contribution in [3.63, 3.8) is 0 Å².